The van der Waals surface area contributed by atoms with E-state index in [0.717, 1.165) is 6.42 Å². The molecule has 1 aromatic heterocycles. The molecule has 2 heterocycles. The first-order valence-electron chi connectivity index (χ1n) is 5.46. The van der Waals surface area contributed by atoms with Crippen LogP contribution in [0.25, 0.3) is 5.57 Å². The Morgan fingerprint density at radius 3 is 3.00 bits per heavy atom. The second kappa shape index (κ2) is 3.63. The molecule has 1 aromatic rings. The summed E-state index contributed by atoms with van der Waals surface area (Å²) in [6, 6.07) is 4.21. The molecule has 84 valence electrons. The summed E-state index contributed by atoms with van der Waals surface area (Å²) >= 11 is 1.77. The number of carboxylic acid groups (broad SMARTS) is 1. The summed E-state index contributed by atoms with van der Waals surface area (Å²) in [5.74, 6) is 0.946. The van der Waals surface area contributed by atoms with Crippen molar-refractivity contribution < 1.29 is 9.90 Å². The number of fused-ring (bicyclic) bond motifs is 1. The third-order valence-electron chi connectivity index (χ3n) is 3.50. The minimum Gasteiger partial charge on any atom is -0.465 e. The van der Waals surface area contributed by atoms with Crippen LogP contribution >= 0.6 is 11.3 Å². The molecule has 1 amide bonds. The summed E-state index contributed by atoms with van der Waals surface area (Å²) in [5, 5.41) is 11.0. The van der Waals surface area contributed by atoms with Crippen LogP contribution in [-0.2, 0) is 0 Å². The Morgan fingerprint density at radius 1 is 1.50 bits per heavy atom. The zero-order valence-electron chi connectivity index (χ0n) is 8.80. The van der Waals surface area contributed by atoms with E-state index in [0.29, 0.717) is 24.9 Å². The Hall–Kier alpha value is -1.29. The molecular weight excluding hydrogens is 222 g/mol. The monoisotopic (exact) mass is 235 g/mol. The van der Waals surface area contributed by atoms with E-state index in [9.17, 15) is 4.79 Å². The quantitative estimate of drug-likeness (QED) is 0.813. The first-order chi connectivity index (χ1) is 7.74. The fraction of sp³-hybridized carbons (Fsp3) is 0.417. The van der Waals surface area contributed by atoms with E-state index in [-0.39, 0.29) is 0 Å². The van der Waals surface area contributed by atoms with Crippen LogP contribution in [0.1, 0.15) is 11.3 Å². The molecule has 4 heteroatoms. The van der Waals surface area contributed by atoms with Gasteiger partial charge in [0.2, 0.25) is 0 Å². The number of allylic oxidation sites excluding steroid dienone is 1. The number of likely N-dealkylation sites (tertiary alicyclic amines) is 1. The molecule has 2 atom stereocenters. The predicted octanol–water partition coefficient (Wildman–Crippen LogP) is 2.76. The van der Waals surface area contributed by atoms with Crippen LogP contribution < -0.4 is 0 Å². The number of carbonyl (C=O) groups is 1. The zero-order chi connectivity index (χ0) is 11.1. The summed E-state index contributed by atoms with van der Waals surface area (Å²) < 4.78 is 0. The lowest BCUT2D eigenvalue weighted by molar-refractivity contribution is 0.153. The van der Waals surface area contributed by atoms with E-state index in [1.165, 1.54) is 15.4 Å². The molecule has 0 aromatic carbocycles. The maximum Gasteiger partial charge on any atom is 0.407 e. The van der Waals surface area contributed by atoms with E-state index >= 15 is 0 Å². The van der Waals surface area contributed by atoms with E-state index in [4.69, 9.17) is 5.11 Å². The Labute approximate surface area is 98.0 Å². The highest BCUT2D eigenvalue weighted by Gasteiger charge is 2.38. The number of amides is 1. The van der Waals surface area contributed by atoms with Gasteiger partial charge in [0.25, 0.3) is 0 Å². The third kappa shape index (κ3) is 1.53. The van der Waals surface area contributed by atoms with Gasteiger partial charge in [0.15, 0.2) is 0 Å². The molecule has 0 radical (unpaired) electrons. The van der Waals surface area contributed by atoms with Crippen LogP contribution in [0.5, 0.6) is 0 Å². The fourth-order valence-electron chi connectivity index (χ4n) is 2.71. The molecule has 2 unspecified atom stereocenters. The van der Waals surface area contributed by atoms with Gasteiger partial charge in [-0.1, -0.05) is 12.1 Å². The minimum absolute atomic E-state index is 0.438. The summed E-state index contributed by atoms with van der Waals surface area (Å²) in [5.41, 5.74) is 1.41. The molecular formula is C12H13NO2S. The van der Waals surface area contributed by atoms with Crippen molar-refractivity contribution in [2.45, 2.75) is 6.42 Å². The first kappa shape index (κ1) is 9.90. The van der Waals surface area contributed by atoms with Gasteiger partial charge in [-0.15, -0.1) is 11.3 Å². The highest BCUT2D eigenvalue weighted by Crippen LogP contribution is 2.41. The third-order valence-corrected chi connectivity index (χ3v) is 4.44. The lowest BCUT2D eigenvalue weighted by Crippen LogP contribution is -2.27. The number of rotatable bonds is 1. The van der Waals surface area contributed by atoms with Crippen molar-refractivity contribution in [3.8, 4) is 0 Å². The molecule has 3 nitrogen and oxygen atoms in total. The van der Waals surface area contributed by atoms with Gasteiger partial charge in [-0.05, 0) is 35.3 Å². The van der Waals surface area contributed by atoms with Crippen molar-refractivity contribution >= 4 is 23.0 Å². The molecule has 1 fully saturated rings. The summed E-state index contributed by atoms with van der Waals surface area (Å²) in [4.78, 5) is 13.7. The second-order valence-corrected chi connectivity index (χ2v) is 5.43. The number of hydrogen-bond acceptors (Lipinski definition) is 2. The largest absolute Gasteiger partial charge is 0.465 e. The van der Waals surface area contributed by atoms with Gasteiger partial charge in [0.1, 0.15) is 0 Å². The lowest BCUT2D eigenvalue weighted by atomic mass is 10.00. The maximum absolute atomic E-state index is 10.9. The predicted molar refractivity (Wildman–Crippen MR) is 63.5 cm³/mol. The molecule has 3 rings (SSSR count). The van der Waals surface area contributed by atoms with E-state index < -0.39 is 6.09 Å². The summed E-state index contributed by atoms with van der Waals surface area (Å²) in [7, 11) is 0. The first-order valence-corrected chi connectivity index (χ1v) is 6.34. The van der Waals surface area contributed by atoms with Crippen LogP contribution in [0.4, 0.5) is 4.79 Å². The van der Waals surface area contributed by atoms with Crippen molar-refractivity contribution in [3.63, 3.8) is 0 Å². The molecule has 1 aliphatic carbocycles. The Morgan fingerprint density at radius 2 is 2.38 bits per heavy atom. The van der Waals surface area contributed by atoms with Crippen LogP contribution in [0.2, 0.25) is 0 Å². The molecule has 1 saturated heterocycles. The number of nitrogens with zero attached hydrogens (tertiary/aromatic N) is 1. The van der Waals surface area contributed by atoms with Gasteiger partial charge < -0.3 is 10.0 Å². The van der Waals surface area contributed by atoms with Crippen LogP contribution in [0, 0.1) is 11.8 Å². The molecule has 0 spiro atoms. The zero-order valence-corrected chi connectivity index (χ0v) is 9.61. The van der Waals surface area contributed by atoms with Crippen molar-refractivity contribution in [2.24, 2.45) is 11.8 Å². The average Bonchev–Trinajstić information content (AvgIpc) is 2.91. The van der Waals surface area contributed by atoms with E-state index in [1.54, 1.807) is 11.3 Å². The van der Waals surface area contributed by atoms with Gasteiger partial charge in [-0.3, -0.25) is 0 Å². The molecule has 1 aliphatic heterocycles. The van der Waals surface area contributed by atoms with Gasteiger partial charge in [-0.2, -0.15) is 0 Å². The minimum atomic E-state index is -0.777. The van der Waals surface area contributed by atoms with E-state index in [1.807, 2.05) is 0 Å². The Balaban J connectivity index is 1.77. The Bertz CT molecular complexity index is 438. The van der Waals surface area contributed by atoms with Gasteiger partial charge in [-0.25, -0.2) is 4.79 Å². The van der Waals surface area contributed by atoms with Crippen molar-refractivity contribution in [1.82, 2.24) is 4.90 Å². The average molecular weight is 235 g/mol. The highest BCUT2D eigenvalue weighted by atomic mass is 32.1. The SMILES string of the molecule is O=C(O)N1CC2C=C(c3cccs3)CC2C1. The van der Waals surface area contributed by atoms with Crippen LogP contribution in [0.3, 0.4) is 0 Å². The summed E-state index contributed by atoms with van der Waals surface area (Å²) in [6.45, 7) is 1.38. The van der Waals surface area contributed by atoms with Crippen molar-refractivity contribution in [1.29, 1.82) is 0 Å². The second-order valence-electron chi connectivity index (χ2n) is 4.48. The molecule has 16 heavy (non-hydrogen) atoms. The van der Waals surface area contributed by atoms with Gasteiger partial charge in [0.05, 0.1) is 0 Å². The molecule has 0 bridgehead atoms. The molecule has 1 N–H and O–H groups in total. The number of thiophene rings is 1. The molecule has 0 saturated carbocycles. The van der Waals surface area contributed by atoms with Crippen molar-refractivity contribution in [3.05, 3.63) is 28.5 Å². The lowest BCUT2D eigenvalue weighted by Gasteiger charge is -2.12. The fourth-order valence-corrected chi connectivity index (χ4v) is 3.47. The van der Waals surface area contributed by atoms with Gasteiger partial charge >= 0.3 is 6.09 Å². The topological polar surface area (TPSA) is 40.5 Å². The standard InChI is InChI=1S/C12H13NO2S/c14-12(15)13-6-9-4-8(5-10(9)7-13)11-2-1-3-16-11/h1-4,9-10H,5-7H2,(H,14,15). The van der Waals surface area contributed by atoms with Crippen LogP contribution in [-0.4, -0.2) is 29.2 Å². The highest BCUT2D eigenvalue weighted by molar-refractivity contribution is 7.11. The normalized spacial score (nSPS) is 28.0. The Kier molecular flexibility index (Phi) is 2.24. The summed E-state index contributed by atoms with van der Waals surface area (Å²) in [6.07, 6.45) is 2.54. The maximum atomic E-state index is 10.9. The molecule has 2 aliphatic rings. The van der Waals surface area contributed by atoms with Crippen molar-refractivity contribution in [2.75, 3.05) is 13.1 Å². The smallest absolute Gasteiger partial charge is 0.407 e. The van der Waals surface area contributed by atoms with E-state index in [2.05, 4.69) is 23.6 Å². The van der Waals surface area contributed by atoms with Crippen LogP contribution in [0.15, 0.2) is 23.6 Å². The van der Waals surface area contributed by atoms with Gasteiger partial charge in [0, 0.05) is 18.0 Å². The number of hydrogen-bond donors (Lipinski definition) is 1.